The number of hydrogen-bond acceptors (Lipinski definition) is 1. The van der Waals surface area contributed by atoms with Gasteiger partial charge in [-0.2, -0.15) is 0 Å². The van der Waals surface area contributed by atoms with Crippen LogP contribution in [0.4, 0.5) is 4.39 Å². The molecule has 1 aliphatic heterocycles. The summed E-state index contributed by atoms with van der Waals surface area (Å²) in [6.45, 7) is 2.57. The number of amides is 1. The molecule has 1 aromatic carbocycles. The molecule has 1 unspecified atom stereocenters. The molecule has 104 valence electrons. The summed E-state index contributed by atoms with van der Waals surface area (Å²) in [5.41, 5.74) is 1.04. The van der Waals surface area contributed by atoms with Crippen LogP contribution >= 0.6 is 15.9 Å². The van der Waals surface area contributed by atoms with E-state index in [0.717, 1.165) is 43.1 Å². The third-order valence-electron chi connectivity index (χ3n) is 3.69. The monoisotopic (exact) mass is 327 g/mol. The summed E-state index contributed by atoms with van der Waals surface area (Å²) in [5.74, 6) is -0.573. The molecule has 1 heterocycles. The molecule has 1 amide bonds. The Kier molecular flexibility index (Phi) is 4.97. The molecule has 0 spiro atoms. The summed E-state index contributed by atoms with van der Waals surface area (Å²) in [5, 5.41) is 0.873. The molecule has 0 aliphatic carbocycles. The molecular weight excluding hydrogens is 309 g/mol. The fourth-order valence-electron chi connectivity index (χ4n) is 2.64. The Morgan fingerprint density at radius 3 is 2.95 bits per heavy atom. The van der Waals surface area contributed by atoms with Crippen LogP contribution in [0.3, 0.4) is 0 Å². The first kappa shape index (κ1) is 14.5. The first-order valence-electron chi connectivity index (χ1n) is 6.76. The molecule has 4 heteroatoms. The summed E-state index contributed by atoms with van der Waals surface area (Å²) < 4.78 is 13.9. The van der Waals surface area contributed by atoms with Crippen LogP contribution in [0.25, 0.3) is 0 Å². The van der Waals surface area contributed by atoms with E-state index in [1.807, 2.05) is 11.8 Å². The van der Waals surface area contributed by atoms with E-state index < -0.39 is 5.82 Å². The number of halogens is 2. The third kappa shape index (κ3) is 3.35. The Morgan fingerprint density at radius 1 is 1.47 bits per heavy atom. The maximum Gasteiger partial charge on any atom is 0.257 e. The van der Waals surface area contributed by atoms with Gasteiger partial charge in [-0.15, -0.1) is 0 Å². The van der Waals surface area contributed by atoms with Crippen molar-refractivity contribution >= 4 is 21.8 Å². The molecule has 0 N–H and O–H groups in total. The fourth-order valence-corrected chi connectivity index (χ4v) is 3.17. The maximum atomic E-state index is 13.9. The summed E-state index contributed by atoms with van der Waals surface area (Å²) in [6, 6.07) is 5.06. The molecule has 0 aromatic heterocycles. The van der Waals surface area contributed by atoms with Gasteiger partial charge < -0.3 is 4.90 Å². The summed E-state index contributed by atoms with van der Waals surface area (Å²) in [6.07, 6.45) is 4.11. The van der Waals surface area contributed by atoms with Gasteiger partial charge in [0.2, 0.25) is 0 Å². The molecule has 1 aliphatic rings. The zero-order valence-corrected chi connectivity index (χ0v) is 12.7. The van der Waals surface area contributed by atoms with Crippen LogP contribution in [0.15, 0.2) is 18.2 Å². The van der Waals surface area contributed by atoms with Crippen LogP contribution in [-0.2, 0) is 0 Å². The van der Waals surface area contributed by atoms with Gasteiger partial charge in [0.05, 0.1) is 5.56 Å². The van der Waals surface area contributed by atoms with E-state index in [0.29, 0.717) is 0 Å². The quantitative estimate of drug-likeness (QED) is 0.771. The standard InChI is InChI=1S/C15H19BrFNO/c1-11-5-6-13(14(17)10-11)15(19)18-9-3-2-4-12(18)7-8-16/h5-6,10,12H,2-4,7-9H2,1H3. The molecule has 1 fully saturated rings. The van der Waals surface area contributed by atoms with E-state index in [-0.39, 0.29) is 17.5 Å². The molecular formula is C15H19BrFNO. The van der Waals surface area contributed by atoms with Gasteiger partial charge in [0, 0.05) is 17.9 Å². The first-order valence-corrected chi connectivity index (χ1v) is 7.88. The van der Waals surface area contributed by atoms with Gasteiger partial charge in [0.15, 0.2) is 0 Å². The Morgan fingerprint density at radius 2 is 2.26 bits per heavy atom. The van der Waals surface area contributed by atoms with Gasteiger partial charge in [-0.1, -0.05) is 22.0 Å². The summed E-state index contributed by atoms with van der Waals surface area (Å²) in [4.78, 5) is 14.3. The number of aryl methyl sites for hydroxylation is 1. The second-order valence-corrected chi connectivity index (χ2v) is 5.90. The average molecular weight is 328 g/mol. The maximum absolute atomic E-state index is 13.9. The van der Waals surface area contributed by atoms with Crippen LogP contribution in [0, 0.1) is 12.7 Å². The van der Waals surface area contributed by atoms with Crippen molar-refractivity contribution in [3.8, 4) is 0 Å². The van der Waals surface area contributed by atoms with Crippen molar-refractivity contribution in [1.82, 2.24) is 4.90 Å². The number of carbonyl (C=O) groups is 1. The van der Waals surface area contributed by atoms with Crippen molar-refractivity contribution < 1.29 is 9.18 Å². The van der Waals surface area contributed by atoms with Crippen molar-refractivity contribution in [2.75, 3.05) is 11.9 Å². The van der Waals surface area contributed by atoms with Crippen LogP contribution in [0.5, 0.6) is 0 Å². The van der Waals surface area contributed by atoms with Gasteiger partial charge in [-0.05, 0) is 50.3 Å². The number of hydrogen-bond donors (Lipinski definition) is 0. The number of likely N-dealkylation sites (tertiary alicyclic amines) is 1. The molecule has 1 aromatic rings. The normalized spacial score (nSPS) is 19.5. The Bertz CT molecular complexity index is 461. The van der Waals surface area contributed by atoms with Gasteiger partial charge in [-0.3, -0.25) is 4.79 Å². The molecule has 0 bridgehead atoms. The van der Waals surface area contributed by atoms with Crippen LogP contribution < -0.4 is 0 Å². The van der Waals surface area contributed by atoms with Gasteiger partial charge in [0.1, 0.15) is 5.82 Å². The minimum atomic E-state index is -0.409. The van der Waals surface area contributed by atoms with Crippen molar-refractivity contribution in [1.29, 1.82) is 0 Å². The first-order chi connectivity index (χ1) is 9.13. The SMILES string of the molecule is Cc1ccc(C(=O)N2CCCCC2CCBr)c(F)c1. The second-order valence-electron chi connectivity index (χ2n) is 5.11. The molecule has 1 atom stereocenters. The smallest absolute Gasteiger partial charge is 0.257 e. The van der Waals surface area contributed by atoms with Crippen molar-refractivity contribution in [2.24, 2.45) is 0 Å². The van der Waals surface area contributed by atoms with Crippen molar-refractivity contribution in [2.45, 2.75) is 38.6 Å². The Labute approximate surface area is 122 Å². The Hall–Kier alpha value is -0.900. The lowest BCUT2D eigenvalue weighted by Gasteiger charge is -2.35. The molecule has 0 saturated carbocycles. The number of piperidine rings is 1. The highest BCUT2D eigenvalue weighted by molar-refractivity contribution is 9.09. The lowest BCUT2D eigenvalue weighted by atomic mass is 9.98. The minimum Gasteiger partial charge on any atom is -0.336 e. The number of carbonyl (C=O) groups excluding carboxylic acids is 1. The van der Waals surface area contributed by atoms with E-state index >= 15 is 0 Å². The Balaban J connectivity index is 2.21. The van der Waals surface area contributed by atoms with E-state index in [1.165, 1.54) is 6.07 Å². The van der Waals surface area contributed by atoms with Gasteiger partial charge >= 0.3 is 0 Å². The predicted molar refractivity (Wildman–Crippen MR) is 78.2 cm³/mol. The summed E-state index contributed by atoms with van der Waals surface area (Å²) >= 11 is 3.43. The largest absolute Gasteiger partial charge is 0.336 e. The van der Waals surface area contributed by atoms with Crippen LogP contribution in [0.2, 0.25) is 0 Å². The van der Waals surface area contributed by atoms with Gasteiger partial charge in [0.25, 0.3) is 5.91 Å². The zero-order chi connectivity index (χ0) is 13.8. The molecule has 0 radical (unpaired) electrons. The highest BCUT2D eigenvalue weighted by Gasteiger charge is 2.28. The van der Waals surface area contributed by atoms with Gasteiger partial charge in [-0.25, -0.2) is 4.39 Å². The van der Waals surface area contributed by atoms with Crippen molar-refractivity contribution in [3.05, 3.63) is 35.1 Å². The highest BCUT2D eigenvalue weighted by Crippen LogP contribution is 2.23. The van der Waals surface area contributed by atoms with Crippen molar-refractivity contribution in [3.63, 3.8) is 0 Å². The fraction of sp³-hybridized carbons (Fsp3) is 0.533. The number of nitrogens with zero attached hydrogens (tertiary/aromatic N) is 1. The summed E-state index contributed by atoms with van der Waals surface area (Å²) in [7, 11) is 0. The average Bonchev–Trinajstić information content (AvgIpc) is 2.39. The topological polar surface area (TPSA) is 20.3 Å². The third-order valence-corrected chi connectivity index (χ3v) is 4.14. The predicted octanol–water partition coefficient (Wildman–Crippen LogP) is 3.91. The van der Waals surface area contributed by atoms with E-state index in [2.05, 4.69) is 15.9 Å². The van der Waals surface area contributed by atoms with Crippen LogP contribution in [-0.4, -0.2) is 28.7 Å². The van der Waals surface area contributed by atoms with E-state index in [1.54, 1.807) is 12.1 Å². The second kappa shape index (κ2) is 6.51. The lowest BCUT2D eigenvalue weighted by Crippen LogP contribution is -2.44. The van der Waals surface area contributed by atoms with E-state index in [9.17, 15) is 9.18 Å². The molecule has 2 nitrogen and oxygen atoms in total. The number of rotatable bonds is 3. The number of alkyl halides is 1. The molecule has 1 saturated heterocycles. The lowest BCUT2D eigenvalue weighted by molar-refractivity contribution is 0.0605. The zero-order valence-electron chi connectivity index (χ0n) is 11.2. The van der Waals surface area contributed by atoms with E-state index in [4.69, 9.17) is 0 Å². The molecule has 19 heavy (non-hydrogen) atoms. The minimum absolute atomic E-state index is 0.164. The number of benzene rings is 1. The molecule has 2 rings (SSSR count). The highest BCUT2D eigenvalue weighted by atomic mass is 79.9. The van der Waals surface area contributed by atoms with Crippen LogP contribution in [0.1, 0.15) is 41.6 Å².